The molecule has 0 saturated carbocycles. The zero-order valence-electron chi connectivity index (χ0n) is 37.5. The van der Waals surface area contributed by atoms with E-state index in [-0.39, 0.29) is 6.71 Å². The van der Waals surface area contributed by atoms with Crippen molar-refractivity contribution in [2.45, 2.75) is 27.7 Å². The molecule has 4 nitrogen and oxygen atoms in total. The van der Waals surface area contributed by atoms with E-state index < -0.39 is 0 Å². The highest BCUT2D eigenvalue weighted by Crippen LogP contribution is 2.49. The molecular weight excluding hydrogens is 816 g/mol. The molecule has 0 bridgehead atoms. The average Bonchev–Trinajstić information content (AvgIpc) is 3.91. The molecule has 0 amide bonds. The quantitative estimate of drug-likeness (QED) is 0.128. The Hall–Kier alpha value is -8.28. The van der Waals surface area contributed by atoms with Gasteiger partial charge in [0.25, 0.3) is 6.71 Å². The summed E-state index contributed by atoms with van der Waals surface area (Å²) in [5.41, 5.74) is 19.1. The lowest BCUT2D eigenvalue weighted by atomic mass is 9.33. The molecule has 0 aliphatic carbocycles. The van der Waals surface area contributed by atoms with Crippen molar-refractivity contribution in [3.8, 4) is 0 Å². The van der Waals surface area contributed by atoms with E-state index in [4.69, 9.17) is 8.83 Å². The van der Waals surface area contributed by atoms with E-state index >= 15 is 0 Å². The summed E-state index contributed by atoms with van der Waals surface area (Å²) in [4.78, 5) is 5.05. The molecule has 0 radical (unpaired) electrons. The second-order valence-corrected chi connectivity index (χ2v) is 19.1. The summed E-state index contributed by atoms with van der Waals surface area (Å²) in [6.45, 7) is 8.68. The van der Waals surface area contributed by atoms with Gasteiger partial charge in [-0.05, 0) is 159 Å². The first-order chi connectivity index (χ1) is 32.9. The van der Waals surface area contributed by atoms with Crippen LogP contribution in [-0.2, 0) is 0 Å². The maximum absolute atomic E-state index is 7.20. The Labute approximate surface area is 386 Å². The largest absolute Gasteiger partial charge is 0.455 e. The first kappa shape index (κ1) is 37.0. The minimum atomic E-state index is -0.141. The zero-order chi connectivity index (χ0) is 44.4. The maximum Gasteiger partial charge on any atom is 0.252 e. The molecule has 13 aromatic rings. The van der Waals surface area contributed by atoms with Crippen LogP contribution in [0.1, 0.15) is 22.3 Å². The molecule has 4 heterocycles. The third-order valence-electron chi connectivity index (χ3n) is 14.9. The Morgan fingerprint density at radius 3 is 1.09 bits per heavy atom. The lowest BCUT2D eigenvalue weighted by molar-refractivity contribution is 0.673. The first-order valence-electron chi connectivity index (χ1n) is 23.4. The van der Waals surface area contributed by atoms with Crippen molar-refractivity contribution >= 4 is 144 Å². The molecule has 2 aromatic heterocycles. The predicted molar refractivity (Wildman–Crippen MR) is 284 cm³/mol. The van der Waals surface area contributed by atoms with Gasteiger partial charge in [-0.1, -0.05) is 115 Å². The Morgan fingerprint density at radius 2 is 0.687 bits per heavy atom. The Kier molecular flexibility index (Phi) is 7.28. The first-order valence-corrected chi connectivity index (χ1v) is 23.4. The number of aryl methyl sites for hydroxylation is 4. The Balaban J connectivity index is 1.11. The standard InChI is InChI=1S/C62H41BN2O2/c1-34-24-35(2)27-38(26-34)64-52-22-13-23-53-60(52)63(50-32-56-48(30-54(50)64)58-44-18-9-5-14-40(44)42-16-7-11-20-46(42)61(58)66-56)51-33-57-49(31-55(51)65(53)39-28-36(3)25-37(4)29-39)59-45-19-10-6-15-41(45)43-17-8-12-21-47(43)62(59)67-57/h5-33H,1-4H3. The smallest absolute Gasteiger partial charge is 0.252 e. The van der Waals surface area contributed by atoms with E-state index in [1.54, 1.807) is 0 Å². The number of rotatable bonds is 2. The topological polar surface area (TPSA) is 32.8 Å². The van der Waals surface area contributed by atoms with Gasteiger partial charge >= 0.3 is 0 Å². The van der Waals surface area contributed by atoms with Crippen LogP contribution in [0.15, 0.2) is 185 Å². The fourth-order valence-corrected chi connectivity index (χ4v) is 12.4. The van der Waals surface area contributed by atoms with Gasteiger partial charge in [-0.25, -0.2) is 0 Å². The average molecular weight is 857 g/mol. The van der Waals surface area contributed by atoms with Gasteiger partial charge in [-0.3, -0.25) is 0 Å². The fourth-order valence-electron chi connectivity index (χ4n) is 12.4. The normalized spacial score (nSPS) is 13.3. The van der Waals surface area contributed by atoms with Gasteiger partial charge in [0.15, 0.2) is 0 Å². The van der Waals surface area contributed by atoms with Crippen molar-refractivity contribution in [3.05, 3.63) is 198 Å². The summed E-state index contributed by atoms with van der Waals surface area (Å²) in [7, 11) is 0. The third-order valence-corrected chi connectivity index (χ3v) is 14.9. The highest BCUT2D eigenvalue weighted by molar-refractivity contribution is 7.00. The van der Waals surface area contributed by atoms with Gasteiger partial charge in [0.1, 0.15) is 22.3 Å². The predicted octanol–water partition coefficient (Wildman–Crippen LogP) is 15.4. The van der Waals surface area contributed by atoms with E-state index in [1.165, 1.54) is 82.3 Å². The summed E-state index contributed by atoms with van der Waals surface area (Å²) in [5, 5.41) is 14.1. The summed E-state index contributed by atoms with van der Waals surface area (Å²) in [6, 6.07) is 65.4. The summed E-state index contributed by atoms with van der Waals surface area (Å²) >= 11 is 0. The van der Waals surface area contributed by atoms with E-state index in [0.717, 1.165) is 77.4 Å². The van der Waals surface area contributed by atoms with Crippen molar-refractivity contribution in [2.75, 3.05) is 9.80 Å². The van der Waals surface area contributed by atoms with Crippen LogP contribution in [0.5, 0.6) is 0 Å². The van der Waals surface area contributed by atoms with E-state index in [0.29, 0.717) is 0 Å². The van der Waals surface area contributed by atoms with Gasteiger partial charge in [-0.2, -0.15) is 0 Å². The maximum atomic E-state index is 7.20. The molecule has 0 fully saturated rings. The Morgan fingerprint density at radius 1 is 0.328 bits per heavy atom. The zero-order valence-corrected chi connectivity index (χ0v) is 37.5. The highest BCUT2D eigenvalue weighted by Gasteiger charge is 2.44. The SMILES string of the molecule is Cc1cc(C)cc(N2c3cc4c(cc3B3c5cc6oc7c8ccccc8c8ccccc8c7c6cc5N(c5cc(C)cc(C)c5)c5cccc2c53)oc2c3ccccc3c3ccccc3c42)c1. The summed E-state index contributed by atoms with van der Waals surface area (Å²) in [6.07, 6.45) is 0. The third kappa shape index (κ3) is 4.98. The van der Waals surface area contributed by atoms with Crippen molar-refractivity contribution in [1.82, 2.24) is 0 Å². The summed E-state index contributed by atoms with van der Waals surface area (Å²) in [5.74, 6) is 0. The summed E-state index contributed by atoms with van der Waals surface area (Å²) < 4.78 is 14.4. The monoisotopic (exact) mass is 856 g/mol. The number of benzene rings is 11. The van der Waals surface area contributed by atoms with E-state index in [2.05, 4.69) is 213 Å². The number of hydrogen-bond donors (Lipinski definition) is 0. The van der Waals surface area contributed by atoms with Crippen LogP contribution < -0.4 is 26.2 Å². The van der Waals surface area contributed by atoms with Gasteiger partial charge in [0, 0.05) is 66.4 Å². The number of fused-ring (bicyclic) bond motifs is 20. The number of anilines is 6. The van der Waals surface area contributed by atoms with Crippen LogP contribution in [0.3, 0.4) is 0 Å². The molecule has 0 spiro atoms. The molecule has 0 saturated heterocycles. The number of furan rings is 2. The molecule has 11 aromatic carbocycles. The van der Waals surface area contributed by atoms with Crippen molar-refractivity contribution < 1.29 is 8.83 Å². The molecule has 67 heavy (non-hydrogen) atoms. The van der Waals surface area contributed by atoms with Gasteiger partial charge < -0.3 is 18.6 Å². The van der Waals surface area contributed by atoms with Gasteiger partial charge in [0.2, 0.25) is 0 Å². The lowest BCUT2D eigenvalue weighted by Crippen LogP contribution is -2.61. The number of hydrogen-bond acceptors (Lipinski definition) is 4. The molecule has 0 unspecified atom stereocenters. The minimum absolute atomic E-state index is 0.141. The highest BCUT2D eigenvalue weighted by atomic mass is 16.3. The minimum Gasteiger partial charge on any atom is -0.455 e. The van der Waals surface area contributed by atoms with Crippen LogP contribution in [0.4, 0.5) is 34.1 Å². The van der Waals surface area contributed by atoms with Crippen LogP contribution in [-0.4, -0.2) is 6.71 Å². The second-order valence-electron chi connectivity index (χ2n) is 19.1. The van der Waals surface area contributed by atoms with E-state index in [1.807, 2.05) is 0 Å². The van der Waals surface area contributed by atoms with Gasteiger partial charge in [0.05, 0.1) is 0 Å². The lowest BCUT2D eigenvalue weighted by Gasteiger charge is -2.44. The van der Waals surface area contributed by atoms with Crippen molar-refractivity contribution in [3.63, 3.8) is 0 Å². The van der Waals surface area contributed by atoms with Crippen molar-refractivity contribution in [2.24, 2.45) is 0 Å². The molecule has 15 rings (SSSR count). The molecule has 0 atom stereocenters. The van der Waals surface area contributed by atoms with Crippen LogP contribution in [0.25, 0.3) is 87.0 Å². The second kappa shape index (κ2) is 13.2. The molecule has 5 heteroatoms. The van der Waals surface area contributed by atoms with Crippen LogP contribution >= 0.6 is 0 Å². The number of nitrogens with zero attached hydrogens (tertiary/aromatic N) is 2. The molecule has 2 aliphatic rings. The van der Waals surface area contributed by atoms with E-state index in [9.17, 15) is 0 Å². The molecular formula is C62H41BN2O2. The van der Waals surface area contributed by atoms with Crippen LogP contribution in [0.2, 0.25) is 0 Å². The van der Waals surface area contributed by atoms with Crippen molar-refractivity contribution in [1.29, 1.82) is 0 Å². The molecule has 2 aliphatic heterocycles. The van der Waals surface area contributed by atoms with Gasteiger partial charge in [-0.15, -0.1) is 0 Å². The molecule has 0 N–H and O–H groups in total. The Bertz CT molecular complexity index is 4050. The molecule has 314 valence electrons. The van der Waals surface area contributed by atoms with Crippen LogP contribution in [0, 0.1) is 27.7 Å². The fraction of sp³-hybridized carbons (Fsp3) is 0.0645.